The van der Waals surface area contributed by atoms with Crippen LogP contribution in [-0.2, 0) is 9.59 Å². The van der Waals surface area contributed by atoms with Crippen molar-refractivity contribution in [2.45, 2.75) is 37.8 Å². The van der Waals surface area contributed by atoms with Crippen molar-refractivity contribution in [2.75, 3.05) is 20.3 Å². The molecule has 6 heteroatoms. The molecule has 2 atom stereocenters. The van der Waals surface area contributed by atoms with Gasteiger partial charge in [-0.25, -0.2) is 0 Å². The van der Waals surface area contributed by atoms with Crippen molar-refractivity contribution in [3.8, 4) is 11.5 Å². The summed E-state index contributed by atoms with van der Waals surface area (Å²) >= 11 is 0. The highest BCUT2D eigenvalue weighted by Gasteiger charge is 2.39. The van der Waals surface area contributed by atoms with Crippen LogP contribution in [0, 0.1) is 0 Å². The molecule has 4 rings (SSSR count). The van der Waals surface area contributed by atoms with Gasteiger partial charge in [-0.3, -0.25) is 9.59 Å². The number of nitrogens with zero attached hydrogens (tertiary/aromatic N) is 1. The third-order valence-electron chi connectivity index (χ3n) is 5.26. The Balaban J connectivity index is 1.61. The van der Waals surface area contributed by atoms with E-state index >= 15 is 0 Å². The number of benzene rings is 1. The number of carbonyl (C=O) groups excluding carboxylic acids is 2. The Morgan fingerprint density at radius 2 is 2.16 bits per heavy atom. The van der Waals surface area contributed by atoms with Crippen LogP contribution in [0.15, 0.2) is 23.8 Å². The number of amides is 2. The SMILES string of the molecule is COc1ccc2c(c1)C=C(C(=O)N1CC(=O)NC3CCCCC31)CO2. The molecular weight excluding hydrogens is 320 g/mol. The van der Waals surface area contributed by atoms with E-state index in [4.69, 9.17) is 9.47 Å². The zero-order chi connectivity index (χ0) is 17.4. The number of fused-ring (bicyclic) bond motifs is 2. The van der Waals surface area contributed by atoms with E-state index < -0.39 is 0 Å². The minimum absolute atomic E-state index is 0.0732. The molecule has 2 unspecified atom stereocenters. The predicted molar refractivity (Wildman–Crippen MR) is 92.4 cm³/mol. The highest BCUT2D eigenvalue weighted by molar-refractivity contribution is 6.01. The Morgan fingerprint density at radius 3 is 3.00 bits per heavy atom. The van der Waals surface area contributed by atoms with E-state index in [2.05, 4.69) is 5.32 Å². The van der Waals surface area contributed by atoms with Gasteiger partial charge in [0.25, 0.3) is 5.91 Å². The molecule has 0 aromatic heterocycles. The van der Waals surface area contributed by atoms with Crippen molar-refractivity contribution in [3.05, 3.63) is 29.3 Å². The number of carbonyl (C=O) groups is 2. The van der Waals surface area contributed by atoms with Crippen LogP contribution < -0.4 is 14.8 Å². The number of ether oxygens (including phenoxy) is 2. The fraction of sp³-hybridized carbons (Fsp3) is 0.474. The fourth-order valence-corrected chi connectivity index (χ4v) is 3.99. The lowest BCUT2D eigenvalue weighted by Gasteiger charge is -2.44. The minimum atomic E-state index is -0.0970. The smallest absolute Gasteiger partial charge is 0.254 e. The third kappa shape index (κ3) is 2.97. The first-order chi connectivity index (χ1) is 12.2. The molecule has 6 nitrogen and oxygen atoms in total. The van der Waals surface area contributed by atoms with Gasteiger partial charge in [0.15, 0.2) is 0 Å². The van der Waals surface area contributed by atoms with Gasteiger partial charge in [0.1, 0.15) is 24.7 Å². The summed E-state index contributed by atoms with van der Waals surface area (Å²) in [5.74, 6) is 1.29. The summed E-state index contributed by atoms with van der Waals surface area (Å²) < 4.78 is 11.0. The van der Waals surface area contributed by atoms with E-state index in [1.54, 1.807) is 12.0 Å². The normalized spacial score (nSPS) is 25.1. The molecule has 2 aliphatic heterocycles. The average molecular weight is 342 g/mol. The van der Waals surface area contributed by atoms with Crippen LogP contribution in [0.3, 0.4) is 0 Å². The monoisotopic (exact) mass is 342 g/mol. The van der Waals surface area contributed by atoms with Crippen LogP contribution in [0.4, 0.5) is 0 Å². The van der Waals surface area contributed by atoms with Gasteiger partial charge in [-0.2, -0.15) is 0 Å². The van der Waals surface area contributed by atoms with Gasteiger partial charge in [-0.15, -0.1) is 0 Å². The molecule has 0 radical (unpaired) electrons. The quantitative estimate of drug-likeness (QED) is 0.889. The molecule has 2 fully saturated rings. The molecule has 3 aliphatic rings. The molecule has 2 amide bonds. The Kier molecular flexibility index (Phi) is 4.11. The third-order valence-corrected chi connectivity index (χ3v) is 5.26. The molecule has 132 valence electrons. The molecule has 0 spiro atoms. The van der Waals surface area contributed by atoms with Crippen LogP contribution in [0.1, 0.15) is 31.2 Å². The fourth-order valence-electron chi connectivity index (χ4n) is 3.99. The summed E-state index contributed by atoms with van der Waals surface area (Å²) in [6.07, 6.45) is 5.93. The Hall–Kier alpha value is -2.50. The van der Waals surface area contributed by atoms with Crippen molar-refractivity contribution in [2.24, 2.45) is 0 Å². The van der Waals surface area contributed by atoms with E-state index in [1.807, 2.05) is 24.3 Å². The lowest BCUT2D eigenvalue weighted by Crippen LogP contribution is -2.63. The van der Waals surface area contributed by atoms with E-state index in [9.17, 15) is 9.59 Å². The summed E-state index contributed by atoms with van der Waals surface area (Å²) in [7, 11) is 1.61. The summed E-state index contributed by atoms with van der Waals surface area (Å²) in [5, 5.41) is 3.04. The van der Waals surface area contributed by atoms with Crippen molar-refractivity contribution in [3.63, 3.8) is 0 Å². The molecule has 1 saturated heterocycles. The zero-order valence-electron chi connectivity index (χ0n) is 14.3. The van der Waals surface area contributed by atoms with Crippen molar-refractivity contribution in [1.29, 1.82) is 0 Å². The first kappa shape index (κ1) is 16.0. The van der Waals surface area contributed by atoms with E-state index in [1.165, 1.54) is 0 Å². The molecule has 1 aromatic rings. The van der Waals surface area contributed by atoms with E-state index in [0.717, 1.165) is 42.7 Å². The van der Waals surface area contributed by atoms with Crippen LogP contribution in [-0.4, -0.2) is 49.1 Å². The standard InChI is InChI=1S/C19H22N2O4/c1-24-14-6-7-17-12(9-14)8-13(11-25-17)19(23)21-10-18(22)20-15-4-2-3-5-16(15)21/h6-9,15-16H,2-5,10-11H2,1H3,(H,20,22). The molecule has 25 heavy (non-hydrogen) atoms. The summed E-state index contributed by atoms with van der Waals surface area (Å²) in [4.78, 5) is 26.8. The largest absolute Gasteiger partial charge is 0.497 e. The molecule has 0 bridgehead atoms. The molecule has 1 N–H and O–H groups in total. The molecule has 1 aromatic carbocycles. The maximum atomic E-state index is 13.1. The van der Waals surface area contributed by atoms with Gasteiger partial charge in [-0.1, -0.05) is 12.8 Å². The lowest BCUT2D eigenvalue weighted by molar-refractivity contribution is -0.141. The van der Waals surface area contributed by atoms with Crippen LogP contribution in [0.2, 0.25) is 0 Å². The van der Waals surface area contributed by atoms with E-state index in [-0.39, 0.29) is 37.0 Å². The van der Waals surface area contributed by atoms with Gasteiger partial charge in [0.05, 0.1) is 18.7 Å². The van der Waals surface area contributed by atoms with Gasteiger partial charge in [0.2, 0.25) is 5.91 Å². The maximum absolute atomic E-state index is 13.1. The number of hydrogen-bond donors (Lipinski definition) is 1. The summed E-state index contributed by atoms with van der Waals surface area (Å²) in [6, 6.07) is 5.70. The van der Waals surface area contributed by atoms with Gasteiger partial charge < -0.3 is 19.7 Å². The van der Waals surface area contributed by atoms with E-state index in [0.29, 0.717) is 5.57 Å². The van der Waals surface area contributed by atoms with Crippen LogP contribution >= 0.6 is 0 Å². The summed E-state index contributed by atoms with van der Waals surface area (Å²) in [6.45, 7) is 0.357. The highest BCUT2D eigenvalue weighted by Crippen LogP contribution is 2.32. The molecule has 2 heterocycles. The number of rotatable bonds is 2. The zero-order valence-corrected chi connectivity index (χ0v) is 14.3. The van der Waals surface area contributed by atoms with Gasteiger partial charge in [0, 0.05) is 11.6 Å². The second-order valence-corrected chi connectivity index (χ2v) is 6.82. The number of nitrogens with one attached hydrogen (secondary N) is 1. The second kappa shape index (κ2) is 6.43. The Labute approximate surface area is 146 Å². The molecular formula is C19H22N2O4. The van der Waals surface area contributed by atoms with Crippen molar-refractivity contribution >= 4 is 17.9 Å². The lowest BCUT2D eigenvalue weighted by atomic mass is 9.87. The highest BCUT2D eigenvalue weighted by atomic mass is 16.5. The number of hydrogen-bond acceptors (Lipinski definition) is 4. The van der Waals surface area contributed by atoms with Crippen LogP contribution in [0.25, 0.3) is 6.08 Å². The van der Waals surface area contributed by atoms with Crippen LogP contribution in [0.5, 0.6) is 11.5 Å². The first-order valence-corrected chi connectivity index (χ1v) is 8.77. The molecule has 1 saturated carbocycles. The predicted octanol–water partition coefficient (Wildman–Crippen LogP) is 1.74. The average Bonchev–Trinajstić information content (AvgIpc) is 2.65. The van der Waals surface area contributed by atoms with Gasteiger partial charge >= 0.3 is 0 Å². The molecule has 1 aliphatic carbocycles. The first-order valence-electron chi connectivity index (χ1n) is 8.77. The topological polar surface area (TPSA) is 67.9 Å². The van der Waals surface area contributed by atoms with Crippen molar-refractivity contribution in [1.82, 2.24) is 10.2 Å². The van der Waals surface area contributed by atoms with Crippen molar-refractivity contribution < 1.29 is 19.1 Å². The van der Waals surface area contributed by atoms with Gasteiger partial charge in [-0.05, 0) is 37.1 Å². The Bertz CT molecular complexity index is 743. The Morgan fingerprint density at radius 1 is 1.32 bits per heavy atom. The number of methoxy groups -OCH3 is 1. The minimum Gasteiger partial charge on any atom is -0.497 e. The maximum Gasteiger partial charge on any atom is 0.254 e. The second-order valence-electron chi connectivity index (χ2n) is 6.82. The summed E-state index contributed by atoms with van der Waals surface area (Å²) in [5.41, 5.74) is 1.41. The number of piperazine rings is 1.